The van der Waals surface area contributed by atoms with Gasteiger partial charge in [-0.2, -0.15) is 18.3 Å². The number of nitrogens with zero attached hydrogens (tertiary/aromatic N) is 3. The molecule has 0 spiro atoms. The van der Waals surface area contributed by atoms with Crippen LogP contribution >= 0.6 is 0 Å². The van der Waals surface area contributed by atoms with Crippen molar-refractivity contribution in [3.8, 4) is 11.3 Å². The van der Waals surface area contributed by atoms with Crippen LogP contribution in [0.2, 0.25) is 0 Å². The van der Waals surface area contributed by atoms with Crippen LogP contribution in [-0.4, -0.2) is 40.1 Å². The Balaban J connectivity index is 1.77. The zero-order chi connectivity index (χ0) is 23.3. The Morgan fingerprint density at radius 2 is 2.09 bits per heavy atom. The molecule has 2 aromatic heterocycles. The molecule has 32 heavy (non-hydrogen) atoms. The number of rotatable bonds is 7. The van der Waals surface area contributed by atoms with Crippen molar-refractivity contribution in [2.45, 2.75) is 13.1 Å². The van der Waals surface area contributed by atoms with E-state index in [1.165, 1.54) is 6.21 Å². The highest BCUT2D eigenvalue weighted by molar-refractivity contribution is 6.27. The molecule has 2 heterocycles. The molecule has 0 aliphatic rings. The van der Waals surface area contributed by atoms with Gasteiger partial charge in [-0.25, -0.2) is 9.78 Å². The molecule has 0 aliphatic carbocycles. The number of benzene rings is 1. The van der Waals surface area contributed by atoms with Gasteiger partial charge in [-0.15, -0.1) is 0 Å². The van der Waals surface area contributed by atoms with E-state index in [0.29, 0.717) is 28.3 Å². The molecule has 0 aliphatic heterocycles. The fourth-order valence-corrected chi connectivity index (χ4v) is 2.77. The molecule has 8 nitrogen and oxygen atoms in total. The normalized spacial score (nSPS) is 11.5. The first-order valence-corrected chi connectivity index (χ1v) is 9.35. The van der Waals surface area contributed by atoms with Gasteiger partial charge in [-0.05, 0) is 31.2 Å². The second-order valence-corrected chi connectivity index (χ2v) is 6.82. The zero-order valence-electron chi connectivity index (χ0n) is 17.0. The standard InChI is InChI=1S/C21H20F3N7O/c1-13(25)10-28-30-14(2)15-6-7-31-18(11-26-19(31)9-15)16-4-3-5-17(8-16)29-20(32)27-12-21(22,23)24/h3-11,25,30H,2,12H2,1H3,(H2,27,29,32). The molecule has 11 heteroatoms. The second kappa shape index (κ2) is 9.33. The molecule has 0 bridgehead atoms. The fraction of sp³-hybridized carbons (Fsp3) is 0.143. The first-order valence-electron chi connectivity index (χ1n) is 9.35. The third-order valence-electron chi connectivity index (χ3n) is 4.18. The van der Waals surface area contributed by atoms with E-state index in [-0.39, 0.29) is 0 Å². The molecule has 0 unspecified atom stereocenters. The molecule has 0 saturated carbocycles. The summed E-state index contributed by atoms with van der Waals surface area (Å²) in [4.78, 5) is 16.1. The zero-order valence-corrected chi connectivity index (χ0v) is 17.0. The third kappa shape index (κ3) is 5.94. The molecule has 0 atom stereocenters. The maximum Gasteiger partial charge on any atom is 0.405 e. The maximum absolute atomic E-state index is 12.2. The van der Waals surface area contributed by atoms with Gasteiger partial charge in [0, 0.05) is 28.7 Å². The molecule has 0 fully saturated rings. The second-order valence-electron chi connectivity index (χ2n) is 6.82. The van der Waals surface area contributed by atoms with Gasteiger partial charge in [-0.3, -0.25) is 9.83 Å². The van der Waals surface area contributed by atoms with Crippen LogP contribution in [-0.2, 0) is 0 Å². The summed E-state index contributed by atoms with van der Waals surface area (Å²) in [6, 6.07) is 9.35. The summed E-state index contributed by atoms with van der Waals surface area (Å²) in [5.41, 5.74) is 6.75. The number of halogens is 3. The number of imidazole rings is 1. The molecular formula is C21H20F3N7O. The van der Waals surface area contributed by atoms with Crippen LogP contribution in [0.25, 0.3) is 22.6 Å². The lowest BCUT2D eigenvalue weighted by Crippen LogP contribution is -2.36. The van der Waals surface area contributed by atoms with Gasteiger partial charge < -0.3 is 16.0 Å². The summed E-state index contributed by atoms with van der Waals surface area (Å²) in [6.07, 6.45) is 0.318. The highest BCUT2D eigenvalue weighted by atomic mass is 19.4. The van der Waals surface area contributed by atoms with E-state index in [9.17, 15) is 18.0 Å². The molecular weight excluding hydrogens is 423 g/mol. The topological polar surface area (TPSA) is 107 Å². The minimum Gasteiger partial charge on any atom is -0.329 e. The quantitative estimate of drug-likeness (QED) is 0.324. The number of aromatic nitrogens is 2. The van der Waals surface area contributed by atoms with E-state index in [2.05, 4.69) is 27.4 Å². The SMILES string of the molecule is C=C(NN=CC(C)=N)c1ccn2c(-c3cccc(NC(=O)NCC(F)(F)F)c3)cnc2c1. The first kappa shape index (κ1) is 22.5. The van der Waals surface area contributed by atoms with Crippen LogP contribution in [0, 0.1) is 5.41 Å². The molecule has 0 radical (unpaired) electrons. The molecule has 3 rings (SSSR count). The van der Waals surface area contributed by atoms with E-state index >= 15 is 0 Å². The number of urea groups is 1. The smallest absolute Gasteiger partial charge is 0.329 e. The van der Waals surface area contributed by atoms with Gasteiger partial charge in [0.2, 0.25) is 0 Å². The highest BCUT2D eigenvalue weighted by Gasteiger charge is 2.27. The summed E-state index contributed by atoms with van der Waals surface area (Å²) in [6.45, 7) is 4.10. The third-order valence-corrected chi connectivity index (χ3v) is 4.18. The van der Waals surface area contributed by atoms with Crippen LogP contribution in [0.1, 0.15) is 12.5 Å². The average molecular weight is 443 g/mol. The van der Waals surface area contributed by atoms with E-state index < -0.39 is 18.8 Å². The summed E-state index contributed by atoms with van der Waals surface area (Å²) in [5.74, 6) is 0. The molecule has 4 N–H and O–H groups in total. The van der Waals surface area contributed by atoms with Crippen molar-refractivity contribution in [1.29, 1.82) is 5.41 Å². The van der Waals surface area contributed by atoms with Crippen LogP contribution < -0.4 is 16.1 Å². The number of carbonyl (C=O) groups excluding carboxylic acids is 1. The van der Waals surface area contributed by atoms with Gasteiger partial charge in [0.25, 0.3) is 0 Å². The number of nitrogens with one attached hydrogen (secondary N) is 4. The minimum atomic E-state index is -4.49. The van der Waals surface area contributed by atoms with Crippen molar-refractivity contribution < 1.29 is 18.0 Å². The van der Waals surface area contributed by atoms with E-state index in [0.717, 1.165) is 11.3 Å². The van der Waals surface area contributed by atoms with Gasteiger partial charge in [-0.1, -0.05) is 18.7 Å². The molecule has 166 valence electrons. The van der Waals surface area contributed by atoms with Crippen molar-refractivity contribution in [3.05, 3.63) is 60.9 Å². The Kier molecular flexibility index (Phi) is 6.57. The largest absolute Gasteiger partial charge is 0.405 e. The van der Waals surface area contributed by atoms with Crippen molar-refractivity contribution in [3.63, 3.8) is 0 Å². The summed E-state index contributed by atoms with van der Waals surface area (Å²) >= 11 is 0. The van der Waals surface area contributed by atoms with Gasteiger partial charge in [0.15, 0.2) is 0 Å². The Bertz CT molecular complexity index is 1200. The Morgan fingerprint density at radius 3 is 2.81 bits per heavy atom. The lowest BCUT2D eigenvalue weighted by molar-refractivity contribution is -0.122. The van der Waals surface area contributed by atoms with Crippen molar-refractivity contribution >= 4 is 35.0 Å². The lowest BCUT2D eigenvalue weighted by atomic mass is 10.1. The van der Waals surface area contributed by atoms with Crippen molar-refractivity contribution in [1.82, 2.24) is 20.1 Å². The highest BCUT2D eigenvalue weighted by Crippen LogP contribution is 2.25. The minimum absolute atomic E-state index is 0.299. The number of amides is 2. The van der Waals surface area contributed by atoms with Gasteiger partial charge in [0.1, 0.15) is 12.2 Å². The van der Waals surface area contributed by atoms with E-state index in [4.69, 9.17) is 5.41 Å². The van der Waals surface area contributed by atoms with Crippen molar-refractivity contribution in [2.75, 3.05) is 11.9 Å². The number of carbonyl (C=O) groups is 1. The average Bonchev–Trinajstić information content (AvgIpc) is 3.15. The number of hydrogen-bond donors (Lipinski definition) is 4. The van der Waals surface area contributed by atoms with E-state index in [1.54, 1.807) is 55.0 Å². The van der Waals surface area contributed by atoms with Crippen molar-refractivity contribution in [2.24, 2.45) is 5.10 Å². The van der Waals surface area contributed by atoms with Crippen LogP contribution in [0.15, 0.2) is 60.5 Å². The lowest BCUT2D eigenvalue weighted by Gasteiger charge is -2.11. The predicted molar refractivity (Wildman–Crippen MR) is 118 cm³/mol. The number of hydrogen-bond acceptors (Lipinski definition) is 5. The number of alkyl halides is 3. The van der Waals surface area contributed by atoms with Gasteiger partial charge in [0.05, 0.1) is 23.8 Å². The monoisotopic (exact) mass is 443 g/mol. The number of pyridine rings is 1. The summed E-state index contributed by atoms with van der Waals surface area (Å²) in [5, 5.41) is 15.4. The Morgan fingerprint density at radius 1 is 1.31 bits per heavy atom. The molecule has 0 saturated heterocycles. The number of hydrazone groups is 1. The fourth-order valence-electron chi connectivity index (χ4n) is 2.77. The molecule has 2 amide bonds. The summed E-state index contributed by atoms with van der Waals surface area (Å²) < 4.78 is 38.6. The summed E-state index contributed by atoms with van der Waals surface area (Å²) in [7, 11) is 0. The molecule has 1 aromatic carbocycles. The van der Waals surface area contributed by atoms with Crippen LogP contribution in [0.5, 0.6) is 0 Å². The first-order chi connectivity index (χ1) is 15.1. The van der Waals surface area contributed by atoms with Crippen LogP contribution in [0.3, 0.4) is 0 Å². The maximum atomic E-state index is 12.2. The van der Waals surface area contributed by atoms with Crippen LogP contribution in [0.4, 0.5) is 23.7 Å². The number of anilines is 1. The Labute approximate surface area is 181 Å². The predicted octanol–water partition coefficient (Wildman–Crippen LogP) is 4.27. The van der Waals surface area contributed by atoms with Gasteiger partial charge >= 0.3 is 12.2 Å². The Hall–Kier alpha value is -4.15. The number of fused-ring (bicyclic) bond motifs is 1. The van der Waals surface area contributed by atoms with E-state index in [1.807, 2.05) is 10.5 Å². The molecule has 3 aromatic rings.